The Kier molecular flexibility index (Phi) is 8.36. The van der Waals surface area contributed by atoms with Crippen molar-refractivity contribution in [3.8, 4) is 0 Å². The molecular weight excluding hydrogens is 366 g/mol. The monoisotopic (exact) mass is 391 g/mol. The molecule has 2 aromatic rings. The fourth-order valence-corrected chi connectivity index (χ4v) is 3.19. The van der Waals surface area contributed by atoms with Gasteiger partial charge in [0.2, 0.25) is 5.91 Å². The minimum absolute atomic E-state index is 0.00169. The molecule has 1 atom stereocenters. The van der Waals surface area contributed by atoms with Gasteiger partial charge in [0.25, 0.3) is 5.91 Å². The smallest absolute Gasteiger partial charge is 0.254 e. The van der Waals surface area contributed by atoms with Gasteiger partial charge in [0.1, 0.15) is 6.26 Å². The molecule has 2 rings (SSSR count). The summed E-state index contributed by atoms with van der Waals surface area (Å²) < 4.78 is 4.87. The van der Waals surface area contributed by atoms with Crippen LogP contribution < -0.4 is 10.6 Å². The van der Waals surface area contributed by atoms with E-state index in [-0.39, 0.29) is 30.8 Å². The molecule has 27 heavy (non-hydrogen) atoms. The van der Waals surface area contributed by atoms with Gasteiger partial charge in [-0.2, -0.15) is 0 Å². The molecule has 0 radical (unpaired) electrons. The Bertz CT molecular complexity index is 730. The van der Waals surface area contributed by atoms with E-state index in [1.807, 2.05) is 24.3 Å². The van der Waals surface area contributed by atoms with Gasteiger partial charge in [0, 0.05) is 24.5 Å². The summed E-state index contributed by atoms with van der Waals surface area (Å²) in [5.41, 5.74) is 1.44. The molecule has 0 saturated heterocycles. The topological polar surface area (TPSA) is 74.6 Å². The van der Waals surface area contributed by atoms with E-state index in [1.165, 1.54) is 12.5 Å². The maximum absolute atomic E-state index is 12.2. The van der Waals surface area contributed by atoms with Crippen LogP contribution in [0.25, 0.3) is 0 Å². The largest absolute Gasteiger partial charge is 0.472 e. The van der Waals surface area contributed by atoms with E-state index in [2.05, 4.69) is 29.4 Å². The maximum Gasteiger partial charge on any atom is 0.254 e. The van der Waals surface area contributed by atoms with Crippen LogP contribution in [0.2, 0.25) is 5.02 Å². The summed E-state index contributed by atoms with van der Waals surface area (Å²) in [6.07, 6.45) is 3.01. The fraction of sp³-hybridized carbons (Fsp3) is 0.400. The molecule has 0 bridgehead atoms. The molecule has 0 spiro atoms. The number of hydrogen-bond acceptors (Lipinski definition) is 4. The summed E-state index contributed by atoms with van der Waals surface area (Å²) >= 11 is 6.37. The van der Waals surface area contributed by atoms with Crippen molar-refractivity contribution in [3.05, 3.63) is 59.0 Å². The molecule has 0 aliphatic heterocycles. The summed E-state index contributed by atoms with van der Waals surface area (Å²) in [7, 11) is 0. The van der Waals surface area contributed by atoms with Gasteiger partial charge in [0.15, 0.2) is 0 Å². The predicted molar refractivity (Wildman–Crippen MR) is 106 cm³/mol. The van der Waals surface area contributed by atoms with E-state index in [0.29, 0.717) is 17.1 Å². The second-order valence-electron chi connectivity index (χ2n) is 6.08. The molecule has 1 aromatic heterocycles. The molecule has 1 unspecified atom stereocenters. The van der Waals surface area contributed by atoms with Crippen molar-refractivity contribution in [1.29, 1.82) is 0 Å². The van der Waals surface area contributed by atoms with E-state index in [0.717, 1.165) is 18.7 Å². The maximum atomic E-state index is 12.2. The number of nitrogens with one attached hydrogen (secondary N) is 2. The van der Waals surface area contributed by atoms with Crippen LogP contribution in [0.15, 0.2) is 47.3 Å². The van der Waals surface area contributed by atoms with Gasteiger partial charge in [-0.15, -0.1) is 0 Å². The van der Waals surface area contributed by atoms with Crippen LogP contribution in [-0.2, 0) is 4.79 Å². The van der Waals surface area contributed by atoms with Crippen molar-refractivity contribution in [2.75, 3.05) is 26.2 Å². The number of nitrogens with zero attached hydrogens (tertiary/aromatic N) is 1. The second kappa shape index (κ2) is 10.7. The van der Waals surface area contributed by atoms with Crippen LogP contribution >= 0.6 is 11.6 Å². The van der Waals surface area contributed by atoms with Crippen molar-refractivity contribution >= 4 is 23.4 Å². The Hall–Kier alpha value is -2.31. The van der Waals surface area contributed by atoms with E-state index >= 15 is 0 Å². The zero-order chi connectivity index (χ0) is 19.6. The van der Waals surface area contributed by atoms with Crippen molar-refractivity contribution in [1.82, 2.24) is 15.5 Å². The first-order chi connectivity index (χ1) is 13.1. The van der Waals surface area contributed by atoms with Crippen LogP contribution in [0.3, 0.4) is 0 Å². The standard InChI is InChI=1S/C20H26ClN3O3/c1-3-24(4-2)18(16-7-5-6-8-17(16)21)13-23-19(25)9-11-22-20(26)15-10-12-27-14-15/h5-8,10,12,14,18H,3-4,9,11,13H2,1-2H3,(H,22,26)(H,23,25). The first kappa shape index (κ1) is 21.0. The summed E-state index contributed by atoms with van der Waals surface area (Å²) in [6, 6.07) is 9.27. The Morgan fingerprint density at radius 1 is 1.15 bits per heavy atom. The number of amides is 2. The van der Waals surface area contributed by atoms with Gasteiger partial charge >= 0.3 is 0 Å². The molecule has 6 nitrogen and oxygen atoms in total. The minimum Gasteiger partial charge on any atom is -0.472 e. The van der Waals surface area contributed by atoms with Crippen LogP contribution in [0.4, 0.5) is 0 Å². The van der Waals surface area contributed by atoms with E-state index in [4.69, 9.17) is 16.0 Å². The molecule has 0 saturated carbocycles. The highest BCUT2D eigenvalue weighted by Gasteiger charge is 2.21. The summed E-state index contributed by atoms with van der Waals surface area (Å²) in [4.78, 5) is 26.3. The number of carbonyl (C=O) groups is 2. The van der Waals surface area contributed by atoms with Crippen molar-refractivity contribution in [3.63, 3.8) is 0 Å². The molecular formula is C20H26ClN3O3. The zero-order valence-corrected chi connectivity index (χ0v) is 16.5. The average molecular weight is 392 g/mol. The summed E-state index contributed by atoms with van der Waals surface area (Å²) in [6.45, 7) is 6.59. The van der Waals surface area contributed by atoms with E-state index < -0.39 is 0 Å². The first-order valence-corrected chi connectivity index (χ1v) is 9.50. The second-order valence-corrected chi connectivity index (χ2v) is 6.49. The summed E-state index contributed by atoms with van der Waals surface area (Å²) in [5, 5.41) is 6.35. The minimum atomic E-state index is -0.256. The lowest BCUT2D eigenvalue weighted by atomic mass is 10.0. The van der Waals surface area contributed by atoms with Crippen LogP contribution in [0.1, 0.15) is 42.2 Å². The van der Waals surface area contributed by atoms with E-state index in [9.17, 15) is 9.59 Å². The Morgan fingerprint density at radius 2 is 1.89 bits per heavy atom. The molecule has 2 N–H and O–H groups in total. The highest BCUT2D eigenvalue weighted by Crippen LogP contribution is 2.26. The number of carbonyl (C=O) groups excluding carboxylic acids is 2. The highest BCUT2D eigenvalue weighted by molar-refractivity contribution is 6.31. The van der Waals surface area contributed by atoms with E-state index in [1.54, 1.807) is 6.07 Å². The number of benzene rings is 1. The first-order valence-electron chi connectivity index (χ1n) is 9.12. The lowest BCUT2D eigenvalue weighted by molar-refractivity contribution is -0.121. The van der Waals surface area contributed by atoms with Gasteiger partial charge in [0.05, 0.1) is 17.9 Å². The third-order valence-electron chi connectivity index (χ3n) is 4.43. The zero-order valence-electron chi connectivity index (χ0n) is 15.7. The summed E-state index contributed by atoms with van der Waals surface area (Å²) in [5.74, 6) is -0.375. The van der Waals surface area contributed by atoms with Crippen molar-refractivity contribution < 1.29 is 14.0 Å². The molecule has 146 valence electrons. The fourth-order valence-electron chi connectivity index (χ4n) is 2.93. The van der Waals surface area contributed by atoms with Gasteiger partial charge in [-0.05, 0) is 30.8 Å². The number of rotatable bonds is 10. The highest BCUT2D eigenvalue weighted by atomic mass is 35.5. The molecule has 1 aromatic carbocycles. The van der Waals surface area contributed by atoms with Crippen LogP contribution in [0, 0.1) is 0 Å². The van der Waals surface area contributed by atoms with Crippen LogP contribution in [-0.4, -0.2) is 42.9 Å². The Morgan fingerprint density at radius 3 is 2.52 bits per heavy atom. The molecule has 7 heteroatoms. The Balaban J connectivity index is 1.87. The molecule has 2 amide bonds. The third kappa shape index (κ3) is 6.12. The molecule has 0 aliphatic carbocycles. The quantitative estimate of drug-likeness (QED) is 0.652. The average Bonchev–Trinajstić information content (AvgIpc) is 3.21. The Labute approximate surface area is 164 Å². The van der Waals surface area contributed by atoms with Gasteiger partial charge < -0.3 is 15.1 Å². The van der Waals surface area contributed by atoms with Crippen molar-refractivity contribution in [2.45, 2.75) is 26.3 Å². The SMILES string of the molecule is CCN(CC)C(CNC(=O)CCNC(=O)c1ccoc1)c1ccccc1Cl. The number of furan rings is 1. The van der Waals surface area contributed by atoms with Gasteiger partial charge in [-0.25, -0.2) is 0 Å². The molecule has 0 fully saturated rings. The normalized spacial score (nSPS) is 12.0. The van der Waals surface area contributed by atoms with Crippen molar-refractivity contribution in [2.24, 2.45) is 0 Å². The number of likely N-dealkylation sites (N-methyl/N-ethyl adjacent to an activating group) is 1. The van der Waals surface area contributed by atoms with Crippen LogP contribution in [0.5, 0.6) is 0 Å². The number of hydrogen-bond donors (Lipinski definition) is 2. The molecule has 0 aliphatic rings. The predicted octanol–water partition coefficient (Wildman–Crippen LogP) is 3.25. The molecule has 1 heterocycles. The number of halogens is 1. The third-order valence-corrected chi connectivity index (χ3v) is 4.78. The van der Waals surface area contributed by atoms with Gasteiger partial charge in [-0.1, -0.05) is 43.6 Å². The lowest BCUT2D eigenvalue weighted by Gasteiger charge is -2.31. The van der Waals surface area contributed by atoms with Gasteiger partial charge in [-0.3, -0.25) is 14.5 Å². The lowest BCUT2D eigenvalue weighted by Crippen LogP contribution is -2.39.